The van der Waals surface area contributed by atoms with E-state index < -0.39 is 12.1 Å². The molecular weight excluding hydrogens is 584 g/mol. The third-order valence-electron chi connectivity index (χ3n) is 8.59. The monoisotopic (exact) mass is 616 g/mol. The Hall–Kier alpha value is -3.63. The van der Waals surface area contributed by atoms with Gasteiger partial charge < -0.3 is 19.9 Å². The number of rotatable bonds is 6. The number of nitrogens with zero attached hydrogens (tertiary/aromatic N) is 5. The van der Waals surface area contributed by atoms with Crippen LogP contribution < -0.4 is 5.32 Å². The Bertz CT molecular complexity index is 1700. The smallest absolute Gasteiger partial charge is 0.248 e. The first-order valence-electron chi connectivity index (χ1n) is 13.8. The summed E-state index contributed by atoms with van der Waals surface area (Å²) in [5.74, 6) is 0.860. The van der Waals surface area contributed by atoms with E-state index in [1.165, 1.54) is 0 Å². The quantitative estimate of drug-likeness (QED) is 0.286. The SMILES string of the molecule is Cc1ncc(-c2cc(C)c3c(c2)c(C(C)O)cn3CC(=O)N2[C@H](C(=O)Nc3nc(Br)ccc3C)C[C@@]3(C)C[C@@H]23)cn1. The molecule has 4 atom stereocenters. The first-order chi connectivity index (χ1) is 19.4. The van der Waals surface area contributed by atoms with Crippen molar-refractivity contribution in [2.24, 2.45) is 5.41 Å². The number of fused-ring (bicyclic) bond motifs is 2. The predicted molar refractivity (Wildman–Crippen MR) is 160 cm³/mol. The molecule has 9 nitrogen and oxygen atoms in total. The molecule has 3 aromatic heterocycles. The number of aliphatic hydroxyl groups excluding tert-OH is 1. The minimum absolute atomic E-state index is 0.0367. The number of carbonyl (C=O) groups is 2. The van der Waals surface area contributed by atoms with Crippen LogP contribution in [0.4, 0.5) is 5.82 Å². The van der Waals surface area contributed by atoms with E-state index in [9.17, 15) is 14.7 Å². The molecule has 1 aromatic carbocycles. The van der Waals surface area contributed by atoms with Gasteiger partial charge in [0.25, 0.3) is 0 Å². The number of likely N-dealkylation sites (tertiary alicyclic amines) is 1. The van der Waals surface area contributed by atoms with Gasteiger partial charge in [0.15, 0.2) is 0 Å². The molecule has 1 unspecified atom stereocenters. The molecule has 2 amide bonds. The second-order valence-corrected chi connectivity index (χ2v) is 12.6. The first kappa shape index (κ1) is 27.5. The number of pyridine rings is 1. The molecule has 212 valence electrons. The van der Waals surface area contributed by atoms with Gasteiger partial charge in [0.05, 0.1) is 11.6 Å². The predicted octanol–water partition coefficient (Wildman–Crippen LogP) is 5.25. The van der Waals surface area contributed by atoms with Crippen molar-refractivity contribution in [1.82, 2.24) is 24.4 Å². The summed E-state index contributed by atoms with van der Waals surface area (Å²) >= 11 is 3.37. The van der Waals surface area contributed by atoms with Crippen LogP contribution in [0.15, 0.2) is 47.5 Å². The summed E-state index contributed by atoms with van der Waals surface area (Å²) in [4.78, 5) is 42.3. The van der Waals surface area contributed by atoms with E-state index in [0.717, 1.165) is 45.1 Å². The van der Waals surface area contributed by atoms with Gasteiger partial charge in [0.1, 0.15) is 28.8 Å². The van der Waals surface area contributed by atoms with Crippen molar-refractivity contribution >= 4 is 44.5 Å². The molecular formula is C31H33BrN6O3. The molecule has 2 N–H and O–H groups in total. The molecule has 2 aliphatic rings. The third-order valence-corrected chi connectivity index (χ3v) is 9.04. The maximum Gasteiger partial charge on any atom is 0.248 e. The highest BCUT2D eigenvalue weighted by atomic mass is 79.9. The molecule has 1 aliphatic heterocycles. The molecule has 1 aliphatic carbocycles. The summed E-state index contributed by atoms with van der Waals surface area (Å²) in [6.07, 6.45) is 6.24. The van der Waals surface area contributed by atoms with Gasteiger partial charge in [-0.15, -0.1) is 0 Å². The summed E-state index contributed by atoms with van der Waals surface area (Å²) in [7, 11) is 0. The summed E-state index contributed by atoms with van der Waals surface area (Å²) in [5.41, 5.74) is 5.23. The van der Waals surface area contributed by atoms with Crippen molar-refractivity contribution in [2.45, 2.75) is 72.2 Å². The first-order valence-corrected chi connectivity index (χ1v) is 14.6. The lowest BCUT2D eigenvalue weighted by molar-refractivity contribution is -0.138. The van der Waals surface area contributed by atoms with Crippen LogP contribution in [0.3, 0.4) is 0 Å². The molecule has 1 saturated carbocycles. The lowest BCUT2D eigenvalue weighted by Crippen LogP contribution is -2.46. The fourth-order valence-corrected chi connectivity index (χ4v) is 6.58. The van der Waals surface area contributed by atoms with E-state index in [2.05, 4.69) is 49.2 Å². The molecule has 10 heteroatoms. The Morgan fingerprint density at radius 2 is 1.85 bits per heavy atom. The number of amides is 2. The molecule has 6 rings (SSSR count). The number of piperidine rings is 1. The van der Waals surface area contributed by atoms with Crippen molar-refractivity contribution in [3.8, 4) is 11.1 Å². The molecule has 41 heavy (non-hydrogen) atoms. The Morgan fingerprint density at radius 3 is 2.56 bits per heavy atom. The number of hydrogen-bond acceptors (Lipinski definition) is 6. The van der Waals surface area contributed by atoms with Crippen molar-refractivity contribution in [3.05, 3.63) is 70.0 Å². The van der Waals surface area contributed by atoms with Crippen LogP contribution in [-0.2, 0) is 16.1 Å². The number of hydrogen-bond donors (Lipinski definition) is 2. The summed E-state index contributed by atoms with van der Waals surface area (Å²) < 4.78 is 2.55. The molecule has 0 spiro atoms. The Labute approximate surface area is 247 Å². The molecule has 0 bridgehead atoms. The van der Waals surface area contributed by atoms with Crippen LogP contribution >= 0.6 is 15.9 Å². The normalized spacial score (nSPS) is 22.1. The average Bonchev–Trinajstić information content (AvgIpc) is 3.27. The molecule has 2 fully saturated rings. The average molecular weight is 618 g/mol. The van der Waals surface area contributed by atoms with Crippen LogP contribution in [0.5, 0.6) is 0 Å². The van der Waals surface area contributed by atoms with Gasteiger partial charge in [-0.2, -0.15) is 0 Å². The molecule has 1 saturated heterocycles. The number of aryl methyl sites for hydroxylation is 3. The van der Waals surface area contributed by atoms with E-state index in [0.29, 0.717) is 22.7 Å². The zero-order valence-electron chi connectivity index (χ0n) is 23.8. The van der Waals surface area contributed by atoms with E-state index >= 15 is 0 Å². The number of benzene rings is 1. The van der Waals surface area contributed by atoms with Gasteiger partial charge in [-0.1, -0.05) is 13.0 Å². The highest BCUT2D eigenvalue weighted by molar-refractivity contribution is 9.10. The highest BCUT2D eigenvalue weighted by Gasteiger charge is 2.64. The number of anilines is 1. The highest BCUT2D eigenvalue weighted by Crippen LogP contribution is 2.59. The molecule has 4 aromatic rings. The van der Waals surface area contributed by atoms with Crippen LogP contribution in [0.1, 0.15) is 55.3 Å². The summed E-state index contributed by atoms with van der Waals surface area (Å²) in [6, 6.07) is 7.26. The topological polar surface area (TPSA) is 113 Å². The van der Waals surface area contributed by atoms with Gasteiger partial charge in [-0.3, -0.25) is 9.59 Å². The van der Waals surface area contributed by atoms with Crippen molar-refractivity contribution < 1.29 is 14.7 Å². The van der Waals surface area contributed by atoms with Gasteiger partial charge >= 0.3 is 0 Å². The lowest BCUT2D eigenvalue weighted by Gasteiger charge is -2.27. The minimum Gasteiger partial charge on any atom is -0.389 e. The number of aliphatic hydroxyl groups is 1. The maximum absolute atomic E-state index is 14.0. The fourth-order valence-electron chi connectivity index (χ4n) is 6.27. The van der Waals surface area contributed by atoms with Gasteiger partial charge in [-0.25, -0.2) is 15.0 Å². The Morgan fingerprint density at radius 1 is 1.12 bits per heavy atom. The van der Waals surface area contributed by atoms with Crippen LogP contribution in [0.25, 0.3) is 22.0 Å². The summed E-state index contributed by atoms with van der Waals surface area (Å²) in [6.45, 7) is 9.68. The molecule has 4 heterocycles. The van der Waals surface area contributed by atoms with Crippen LogP contribution in [0, 0.1) is 26.2 Å². The number of halogens is 1. The van der Waals surface area contributed by atoms with Crippen LogP contribution in [0.2, 0.25) is 0 Å². The minimum atomic E-state index is -0.726. The van der Waals surface area contributed by atoms with Crippen molar-refractivity contribution in [2.75, 3.05) is 5.32 Å². The van der Waals surface area contributed by atoms with E-state index in [1.54, 1.807) is 24.2 Å². The van der Waals surface area contributed by atoms with E-state index in [1.807, 2.05) is 49.7 Å². The zero-order chi connectivity index (χ0) is 29.2. The van der Waals surface area contributed by atoms with Gasteiger partial charge in [0.2, 0.25) is 11.8 Å². The molecule has 0 radical (unpaired) electrons. The largest absolute Gasteiger partial charge is 0.389 e. The van der Waals surface area contributed by atoms with E-state index in [-0.39, 0.29) is 29.8 Å². The second kappa shape index (κ2) is 10.0. The third kappa shape index (κ3) is 4.93. The Balaban J connectivity index is 1.31. The van der Waals surface area contributed by atoms with Crippen molar-refractivity contribution in [3.63, 3.8) is 0 Å². The van der Waals surface area contributed by atoms with Crippen molar-refractivity contribution in [1.29, 1.82) is 0 Å². The second-order valence-electron chi connectivity index (χ2n) is 11.8. The zero-order valence-corrected chi connectivity index (χ0v) is 25.4. The number of nitrogens with one attached hydrogen (secondary N) is 1. The van der Waals surface area contributed by atoms with Gasteiger partial charge in [-0.05, 0) is 96.8 Å². The number of carbonyl (C=O) groups excluding carboxylic acids is 2. The van der Waals surface area contributed by atoms with E-state index in [4.69, 9.17) is 0 Å². The maximum atomic E-state index is 14.0. The fraction of sp³-hybridized carbons (Fsp3) is 0.387. The lowest BCUT2D eigenvalue weighted by atomic mass is 10.00. The summed E-state index contributed by atoms with van der Waals surface area (Å²) in [5, 5.41) is 14.5. The standard InChI is InChI=1S/C31H33BrN6O3/c1-16-6-7-26(32)35-29(16)36-30(41)24-10-31(5)11-25(31)38(24)27(40)15-37-14-23(18(3)39)22-9-20(8-17(2)28(22)37)21-12-33-19(4)34-13-21/h6-9,12-14,18,24-25,39H,10-11,15H2,1-5H3,(H,35,36,41)/t18?,24-,25+,31-/m0/s1. The van der Waals surface area contributed by atoms with Crippen LogP contribution in [-0.4, -0.2) is 53.4 Å². The number of aromatic nitrogens is 4. The van der Waals surface area contributed by atoms with Gasteiger partial charge in [0, 0.05) is 41.1 Å². The Kier molecular flexibility index (Phi) is 6.73.